The number of amides is 2. The van der Waals surface area contributed by atoms with Gasteiger partial charge in [0.05, 0.1) is 6.61 Å². The first kappa shape index (κ1) is 23.2. The van der Waals surface area contributed by atoms with E-state index < -0.39 is 6.16 Å². The van der Waals surface area contributed by atoms with Crippen LogP contribution in [0.3, 0.4) is 0 Å². The van der Waals surface area contributed by atoms with Gasteiger partial charge in [0, 0.05) is 38.2 Å². The molecule has 0 saturated carbocycles. The number of aryl methyl sites for hydroxylation is 1. The minimum atomic E-state index is -0.789. The first-order valence-electron chi connectivity index (χ1n) is 10.7. The second kappa shape index (κ2) is 11.3. The molecule has 32 heavy (non-hydrogen) atoms. The largest absolute Gasteiger partial charge is 0.513 e. The molecule has 170 valence electrons. The normalized spacial score (nSPS) is 13.9. The smallest absolute Gasteiger partial charge is 0.434 e. The van der Waals surface area contributed by atoms with Crippen molar-refractivity contribution in [3.63, 3.8) is 0 Å². The molecule has 7 nitrogen and oxygen atoms in total. The molecule has 2 aromatic rings. The van der Waals surface area contributed by atoms with Crippen LogP contribution in [0.1, 0.15) is 35.7 Å². The van der Waals surface area contributed by atoms with E-state index in [1.807, 2.05) is 0 Å². The number of halogens is 1. The average Bonchev–Trinajstić information content (AvgIpc) is 3.05. The van der Waals surface area contributed by atoms with Gasteiger partial charge in [-0.3, -0.25) is 9.59 Å². The van der Waals surface area contributed by atoms with Gasteiger partial charge >= 0.3 is 6.16 Å². The van der Waals surface area contributed by atoms with Crippen molar-refractivity contribution in [2.45, 2.75) is 26.2 Å². The fourth-order valence-corrected chi connectivity index (χ4v) is 3.52. The van der Waals surface area contributed by atoms with Crippen molar-refractivity contribution in [1.82, 2.24) is 9.80 Å². The van der Waals surface area contributed by atoms with E-state index in [4.69, 9.17) is 9.47 Å². The molecule has 3 rings (SSSR count). The summed E-state index contributed by atoms with van der Waals surface area (Å²) in [5.41, 5.74) is 1.40. The van der Waals surface area contributed by atoms with E-state index in [9.17, 15) is 18.8 Å². The molecule has 0 atom stereocenters. The Morgan fingerprint density at radius 3 is 2.25 bits per heavy atom. The molecular weight excluding hydrogens is 415 g/mol. The second-order valence-corrected chi connectivity index (χ2v) is 7.46. The third-order valence-electron chi connectivity index (χ3n) is 5.24. The van der Waals surface area contributed by atoms with E-state index in [2.05, 4.69) is 0 Å². The fourth-order valence-electron chi connectivity index (χ4n) is 3.52. The number of benzene rings is 2. The Bertz CT molecular complexity index is 930. The van der Waals surface area contributed by atoms with Gasteiger partial charge in [-0.2, -0.15) is 0 Å². The third kappa shape index (κ3) is 6.54. The van der Waals surface area contributed by atoms with Gasteiger partial charge in [-0.15, -0.1) is 0 Å². The molecule has 1 heterocycles. The maximum absolute atomic E-state index is 13.0. The SMILES string of the molecule is CCOC(=O)Oc1ccc(C(=O)N2CCCN(C(=O)CCc3ccc(F)cc3)CC2)cc1. The third-order valence-corrected chi connectivity index (χ3v) is 5.24. The van der Waals surface area contributed by atoms with Crippen LogP contribution in [0.2, 0.25) is 0 Å². The van der Waals surface area contributed by atoms with Crippen LogP contribution in [0, 0.1) is 5.82 Å². The van der Waals surface area contributed by atoms with Crippen molar-refractivity contribution in [1.29, 1.82) is 0 Å². The molecule has 1 aliphatic rings. The van der Waals surface area contributed by atoms with E-state index >= 15 is 0 Å². The number of hydrogen-bond acceptors (Lipinski definition) is 5. The molecule has 0 aromatic heterocycles. The summed E-state index contributed by atoms with van der Waals surface area (Å²) >= 11 is 0. The Hall–Kier alpha value is -3.42. The van der Waals surface area contributed by atoms with Crippen molar-refractivity contribution in [2.75, 3.05) is 32.8 Å². The minimum absolute atomic E-state index is 0.0316. The van der Waals surface area contributed by atoms with Crippen LogP contribution in [0.4, 0.5) is 9.18 Å². The Morgan fingerprint density at radius 1 is 0.906 bits per heavy atom. The minimum Gasteiger partial charge on any atom is -0.434 e. The number of nitrogens with zero attached hydrogens (tertiary/aromatic N) is 2. The maximum Gasteiger partial charge on any atom is 0.513 e. The molecular formula is C24H27FN2O5. The Kier molecular flexibility index (Phi) is 8.19. The monoisotopic (exact) mass is 442 g/mol. The summed E-state index contributed by atoms with van der Waals surface area (Å²) in [6.07, 6.45) is 0.807. The number of rotatable bonds is 6. The summed E-state index contributed by atoms with van der Waals surface area (Å²) in [7, 11) is 0. The second-order valence-electron chi connectivity index (χ2n) is 7.46. The molecule has 0 aliphatic carbocycles. The van der Waals surface area contributed by atoms with Gasteiger partial charge in [-0.1, -0.05) is 12.1 Å². The summed E-state index contributed by atoms with van der Waals surface area (Å²) in [4.78, 5) is 40.4. The lowest BCUT2D eigenvalue weighted by molar-refractivity contribution is -0.131. The van der Waals surface area contributed by atoms with Gasteiger partial charge in [-0.05, 0) is 61.7 Å². The molecule has 0 N–H and O–H groups in total. The van der Waals surface area contributed by atoms with Gasteiger partial charge in [0.2, 0.25) is 5.91 Å². The Morgan fingerprint density at radius 2 is 1.56 bits per heavy atom. The highest BCUT2D eigenvalue weighted by Gasteiger charge is 2.23. The van der Waals surface area contributed by atoms with Crippen LogP contribution >= 0.6 is 0 Å². The average molecular weight is 442 g/mol. The van der Waals surface area contributed by atoms with Gasteiger partial charge in [0.15, 0.2) is 0 Å². The summed E-state index contributed by atoms with van der Waals surface area (Å²) in [5, 5.41) is 0. The standard InChI is InChI=1S/C24H27FN2O5/c1-2-31-24(30)32-21-11-7-19(8-12-21)23(29)27-15-3-14-26(16-17-27)22(28)13-6-18-4-9-20(25)10-5-18/h4-5,7-12H,2-3,6,13-17H2,1H3. The molecule has 1 fully saturated rings. The molecule has 0 unspecified atom stereocenters. The van der Waals surface area contributed by atoms with Gasteiger partial charge in [-0.25, -0.2) is 9.18 Å². The maximum atomic E-state index is 13.0. The highest BCUT2D eigenvalue weighted by molar-refractivity contribution is 5.94. The van der Waals surface area contributed by atoms with Gasteiger partial charge < -0.3 is 19.3 Å². The van der Waals surface area contributed by atoms with Crippen molar-refractivity contribution in [2.24, 2.45) is 0 Å². The topological polar surface area (TPSA) is 76.2 Å². The van der Waals surface area contributed by atoms with Crippen LogP contribution in [0.5, 0.6) is 5.75 Å². The molecule has 1 aliphatic heterocycles. The lowest BCUT2D eigenvalue weighted by atomic mass is 10.1. The molecule has 0 spiro atoms. The van der Waals surface area contributed by atoms with Gasteiger partial charge in [0.25, 0.3) is 5.91 Å². The van der Waals surface area contributed by atoms with Crippen LogP contribution in [0.15, 0.2) is 48.5 Å². The first-order valence-corrected chi connectivity index (χ1v) is 10.7. The Balaban J connectivity index is 1.50. The van der Waals surface area contributed by atoms with E-state index in [0.29, 0.717) is 56.8 Å². The molecule has 2 amide bonds. The zero-order chi connectivity index (χ0) is 22.9. The zero-order valence-electron chi connectivity index (χ0n) is 18.1. The predicted octanol–water partition coefficient (Wildman–Crippen LogP) is 3.67. The van der Waals surface area contributed by atoms with E-state index in [1.54, 1.807) is 53.1 Å². The first-order chi connectivity index (χ1) is 15.5. The lowest BCUT2D eigenvalue weighted by Crippen LogP contribution is -2.37. The summed E-state index contributed by atoms with van der Waals surface area (Å²) in [6, 6.07) is 12.5. The molecule has 0 bridgehead atoms. The van der Waals surface area contributed by atoms with E-state index in [1.165, 1.54) is 12.1 Å². The molecule has 1 saturated heterocycles. The van der Waals surface area contributed by atoms with Crippen LogP contribution in [-0.4, -0.2) is 60.6 Å². The van der Waals surface area contributed by atoms with Crippen LogP contribution < -0.4 is 4.74 Å². The highest BCUT2D eigenvalue weighted by atomic mass is 19.1. The number of hydrogen-bond donors (Lipinski definition) is 0. The highest BCUT2D eigenvalue weighted by Crippen LogP contribution is 2.16. The summed E-state index contributed by atoms with van der Waals surface area (Å²) < 4.78 is 22.7. The zero-order valence-corrected chi connectivity index (χ0v) is 18.1. The molecule has 0 radical (unpaired) electrons. The van der Waals surface area contributed by atoms with Crippen LogP contribution in [0.25, 0.3) is 0 Å². The number of ether oxygens (including phenoxy) is 2. The summed E-state index contributed by atoms with van der Waals surface area (Å²) in [5.74, 6) is -0.0929. The van der Waals surface area contributed by atoms with Crippen molar-refractivity contribution >= 4 is 18.0 Å². The Labute approximate surface area is 186 Å². The quantitative estimate of drug-likeness (QED) is 0.504. The van der Waals surface area contributed by atoms with E-state index in [-0.39, 0.29) is 24.2 Å². The van der Waals surface area contributed by atoms with Gasteiger partial charge in [0.1, 0.15) is 11.6 Å². The van der Waals surface area contributed by atoms with E-state index in [0.717, 1.165) is 5.56 Å². The van der Waals surface area contributed by atoms with Crippen LogP contribution in [-0.2, 0) is 16.0 Å². The summed E-state index contributed by atoms with van der Waals surface area (Å²) in [6.45, 7) is 3.97. The molecule has 8 heteroatoms. The number of carbonyl (C=O) groups is 3. The predicted molar refractivity (Wildman–Crippen MR) is 116 cm³/mol. The fraction of sp³-hybridized carbons (Fsp3) is 0.375. The van der Waals surface area contributed by atoms with Crippen molar-refractivity contribution < 1.29 is 28.2 Å². The lowest BCUT2D eigenvalue weighted by Gasteiger charge is -2.22. The number of carbonyl (C=O) groups excluding carboxylic acids is 3. The molecule has 2 aromatic carbocycles. The van der Waals surface area contributed by atoms with Crippen molar-refractivity contribution in [3.8, 4) is 5.75 Å². The van der Waals surface area contributed by atoms with Crippen molar-refractivity contribution in [3.05, 3.63) is 65.5 Å².